The predicted octanol–water partition coefficient (Wildman–Crippen LogP) is 1.78. The van der Waals surface area contributed by atoms with Crippen LogP contribution in [0.15, 0.2) is 24.3 Å². The lowest BCUT2D eigenvalue weighted by atomic mass is 10.1. The SMILES string of the molecule is CCNC(=O)[C@H](C)NC(=O)CN(C)Cc1ccc(C(F)(F)F)cc1. The highest BCUT2D eigenvalue weighted by Crippen LogP contribution is 2.29. The Balaban J connectivity index is 2.49. The molecule has 0 aliphatic heterocycles. The van der Waals surface area contributed by atoms with Gasteiger partial charge in [-0.2, -0.15) is 13.2 Å². The number of hydrogen-bond acceptors (Lipinski definition) is 3. The van der Waals surface area contributed by atoms with Crippen molar-refractivity contribution in [2.45, 2.75) is 32.6 Å². The molecule has 0 aliphatic carbocycles. The van der Waals surface area contributed by atoms with E-state index in [0.717, 1.165) is 12.1 Å². The zero-order valence-electron chi connectivity index (χ0n) is 13.9. The maximum Gasteiger partial charge on any atom is 0.416 e. The average Bonchev–Trinajstić information content (AvgIpc) is 2.46. The molecule has 0 aliphatic rings. The first kappa shape index (κ1) is 20.0. The van der Waals surface area contributed by atoms with Crippen LogP contribution in [0.1, 0.15) is 25.0 Å². The second kappa shape index (κ2) is 8.68. The minimum Gasteiger partial charge on any atom is -0.355 e. The number of alkyl halides is 3. The Hall–Kier alpha value is -2.09. The summed E-state index contributed by atoms with van der Waals surface area (Å²) >= 11 is 0. The highest BCUT2D eigenvalue weighted by molar-refractivity contribution is 5.87. The first-order valence-electron chi connectivity index (χ1n) is 7.55. The first-order chi connectivity index (χ1) is 11.1. The van der Waals surface area contributed by atoms with E-state index in [2.05, 4.69) is 10.6 Å². The summed E-state index contributed by atoms with van der Waals surface area (Å²) in [4.78, 5) is 25.1. The monoisotopic (exact) mass is 345 g/mol. The lowest BCUT2D eigenvalue weighted by Crippen LogP contribution is -2.47. The third-order valence-electron chi connectivity index (χ3n) is 3.27. The Morgan fingerprint density at radius 3 is 2.29 bits per heavy atom. The minimum atomic E-state index is -4.36. The van der Waals surface area contributed by atoms with Crippen molar-refractivity contribution in [2.75, 3.05) is 20.1 Å². The van der Waals surface area contributed by atoms with Gasteiger partial charge < -0.3 is 10.6 Å². The molecule has 0 unspecified atom stereocenters. The van der Waals surface area contributed by atoms with Gasteiger partial charge in [0.05, 0.1) is 12.1 Å². The summed E-state index contributed by atoms with van der Waals surface area (Å²) in [6, 6.07) is 4.15. The van der Waals surface area contributed by atoms with Crippen molar-refractivity contribution in [1.82, 2.24) is 15.5 Å². The molecule has 1 aromatic rings. The lowest BCUT2D eigenvalue weighted by Gasteiger charge is -2.19. The van der Waals surface area contributed by atoms with Crippen LogP contribution in [0.5, 0.6) is 0 Å². The van der Waals surface area contributed by atoms with Gasteiger partial charge in [0.25, 0.3) is 0 Å². The van der Waals surface area contributed by atoms with Crippen LogP contribution in [0.4, 0.5) is 13.2 Å². The van der Waals surface area contributed by atoms with Gasteiger partial charge >= 0.3 is 6.18 Å². The topological polar surface area (TPSA) is 61.4 Å². The van der Waals surface area contributed by atoms with Crippen molar-refractivity contribution in [1.29, 1.82) is 0 Å². The zero-order chi connectivity index (χ0) is 18.3. The molecule has 8 heteroatoms. The third kappa shape index (κ3) is 6.57. The van der Waals surface area contributed by atoms with Gasteiger partial charge in [-0.3, -0.25) is 14.5 Å². The Morgan fingerprint density at radius 2 is 1.79 bits per heavy atom. The first-order valence-corrected chi connectivity index (χ1v) is 7.55. The highest BCUT2D eigenvalue weighted by Gasteiger charge is 2.29. The van der Waals surface area contributed by atoms with Gasteiger partial charge in [-0.05, 0) is 38.6 Å². The molecule has 0 bridgehead atoms. The molecular formula is C16H22F3N3O2. The fourth-order valence-corrected chi connectivity index (χ4v) is 2.09. The van der Waals surface area contributed by atoms with Crippen molar-refractivity contribution >= 4 is 11.8 Å². The van der Waals surface area contributed by atoms with Crippen LogP contribution in [0.3, 0.4) is 0 Å². The van der Waals surface area contributed by atoms with Crippen LogP contribution in [0, 0.1) is 0 Å². The number of benzene rings is 1. The van der Waals surface area contributed by atoms with E-state index in [1.54, 1.807) is 25.8 Å². The van der Waals surface area contributed by atoms with E-state index in [9.17, 15) is 22.8 Å². The van der Waals surface area contributed by atoms with Gasteiger partial charge in [0.1, 0.15) is 6.04 Å². The van der Waals surface area contributed by atoms with Crippen LogP contribution < -0.4 is 10.6 Å². The smallest absolute Gasteiger partial charge is 0.355 e. The number of nitrogens with zero attached hydrogens (tertiary/aromatic N) is 1. The summed E-state index contributed by atoms with van der Waals surface area (Å²) in [6.07, 6.45) is -4.36. The molecule has 0 heterocycles. The molecule has 0 spiro atoms. The Bertz CT molecular complexity index is 559. The van der Waals surface area contributed by atoms with E-state index in [-0.39, 0.29) is 18.4 Å². The fourth-order valence-electron chi connectivity index (χ4n) is 2.09. The Kier molecular flexibility index (Phi) is 7.21. The van der Waals surface area contributed by atoms with Crippen molar-refractivity contribution in [2.24, 2.45) is 0 Å². The van der Waals surface area contributed by atoms with E-state index < -0.39 is 17.8 Å². The molecule has 2 amide bonds. The molecule has 134 valence electrons. The number of likely N-dealkylation sites (N-methyl/N-ethyl adjacent to an activating group) is 2. The summed E-state index contributed by atoms with van der Waals surface area (Å²) < 4.78 is 37.5. The summed E-state index contributed by atoms with van der Waals surface area (Å²) in [5, 5.41) is 5.17. The zero-order valence-corrected chi connectivity index (χ0v) is 13.9. The largest absolute Gasteiger partial charge is 0.416 e. The molecule has 24 heavy (non-hydrogen) atoms. The third-order valence-corrected chi connectivity index (χ3v) is 3.27. The van der Waals surface area contributed by atoms with Crippen molar-refractivity contribution in [3.63, 3.8) is 0 Å². The lowest BCUT2D eigenvalue weighted by molar-refractivity contribution is -0.137. The molecule has 1 rings (SSSR count). The van der Waals surface area contributed by atoms with E-state index in [0.29, 0.717) is 18.7 Å². The van der Waals surface area contributed by atoms with Gasteiger partial charge in [-0.15, -0.1) is 0 Å². The van der Waals surface area contributed by atoms with Crippen LogP contribution in [0.25, 0.3) is 0 Å². The van der Waals surface area contributed by atoms with Gasteiger partial charge in [-0.1, -0.05) is 12.1 Å². The van der Waals surface area contributed by atoms with Gasteiger partial charge in [0.2, 0.25) is 11.8 Å². The standard InChI is InChI=1S/C16H22F3N3O2/c1-4-20-15(24)11(2)21-14(23)10-22(3)9-12-5-7-13(8-6-12)16(17,18)19/h5-8,11H,4,9-10H2,1-3H3,(H,20,24)(H,21,23)/t11-/m0/s1. The number of amides is 2. The molecule has 0 saturated carbocycles. The molecule has 1 aromatic carbocycles. The normalized spacial score (nSPS) is 12.8. The van der Waals surface area contributed by atoms with E-state index >= 15 is 0 Å². The predicted molar refractivity (Wildman–Crippen MR) is 84.1 cm³/mol. The van der Waals surface area contributed by atoms with Gasteiger partial charge in [0.15, 0.2) is 0 Å². The average molecular weight is 345 g/mol. The fraction of sp³-hybridized carbons (Fsp3) is 0.500. The van der Waals surface area contributed by atoms with Gasteiger partial charge in [-0.25, -0.2) is 0 Å². The summed E-state index contributed by atoms with van der Waals surface area (Å²) in [5.41, 5.74) is -0.0440. The van der Waals surface area contributed by atoms with Crippen LogP contribution >= 0.6 is 0 Å². The van der Waals surface area contributed by atoms with Crippen LogP contribution in [-0.2, 0) is 22.3 Å². The number of carbonyl (C=O) groups is 2. The Labute approximate surface area is 139 Å². The summed E-state index contributed by atoms with van der Waals surface area (Å²) in [6.45, 7) is 4.20. The molecule has 2 N–H and O–H groups in total. The van der Waals surface area contributed by atoms with Crippen molar-refractivity contribution in [3.05, 3.63) is 35.4 Å². The molecule has 0 radical (unpaired) electrons. The molecule has 0 saturated heterocycles. The maximum atomic E-state index is 12.5. The number of nitrogens with one attached hydrogen (secondary N) is 2. The molecule has 0 aromatic heterocycles. The number of hydrogen-bond donors (Lipinski definition) is 2. The Morgan fingerprint density at radius 1 is 1.21 bits per heavy atom. The van der Waals surface area contributed by atoms with E-state index in [1.807, 2.05) is 0 Å². The van der Waals surface area contributed by atoms with Crippen molar-refractivity contribution < 1.29 is 22.8 Å². The maximum absolute atomic E-state index is 12.5. The number of rotatable bonds is 7. The summed E-state index contributed by atoms with van der Waals surface area (Å²) in [7, 11) is 1.67. The molecular weight excluding hydrogens is 323 g/mol. The summed E-state index contributed by atoms with van der Waals surface area (Å²) in [5.74, 6) is -0.598. The number of halogens is 3. The van der Waals surface area contributed by atoms with Crippen LogP contribution in [-0.4, -0.2) is 42.9 Å². The minimum absolute atomic E-state index is 0.0325. The second-order valence-corrected chi connectivity index (χ2v) is 5.55. The van der Waals surface area contributed by atoms with Crippen molar-refractivity contribution in [3.8, 4) is 0 Å². The molecule has 1 atom stereocenters. The van der Waals surface area contributed by atoms with E-state index in [1.165, 1.54) is 12.1 Å². The van der Waals surface area contributed by atoms with Gasteiger partial charge in [0, 0.05) is 13.1 Å². The van der Waals surface area contributed by atoms with E-state index in [4.69, 9.17) is 0 Å². The number of carbonyl (C=O) groups excluding carboxylic acids is 2. The second-order valence-electron chi connectivity index (χ2n) is 5.55. The molecule has 0 fully saturated rings. The highest BCUT2D eigenvalue weighted by atomic mass is 19.4. The van der Waals surface area contributed by atoms with Crippen LogP contribution in [0.2, 0.25) is 0 Å². The quantitative estimate of drug-likeness (QED) is 0.792. The molecule has 5 nitrogen and oxygen atoms in total.